The highest BCUT2D eigenvalue weighted by Crippen LogP contribution is 2.48. The summed E-state index contributed by atoms with van der Waals surface area (Å²) < 4.78 is 0. The van der Waals surface area contributed by atoms with Gasteiger partial charge < -0.3 is 16.2 Å². The van der Waals surface area contributed by atoms with Gasteiger partial charge in [0.1, 0.15) is 0 Å². The normalized spacial score (nSPS) is 41.8. The Hall–Kier alpha value is -0.120. The molecule has 3 heteroatoms. The fourth-order valence-corrected chi connectivity index (χ4v) is 4.13. The van der Waals surface area contributed by atoms with Gasteiger partial charge in [-0.2, -0.15) is 0 Å². The van der Waals surface area contributed by atoms with Gasteiger partial charge in [-0.05, 0) is 51.0 Å². The second-order valence-electron chi connectivity index (χ2n) is 6.53. The summed E-state index contributed by atoms with van der Waals surface area (Å²) in [5.41, 5.74) is 5.50. The Kier molecular flexibility index (Phi) is 4.68. The molecule has 1 saturated heterocycles. The molecule has 0 aromatic rings. The quantitative estimate of drug-likeness (QED) is 0.719. The van der Waals surface area contributed by atoms with E-state index >= 15 is 0 Å². The van der Waals surface area contributed by atoms with Gasteiger partial charge in [-0.25, -0.2) is 0 Å². The van der Waals surface area contributed by atoms with Gasteiger partial charge in [0, 0.05) is 18.5 Å². The summed E-state index contributed by atoms with van der Waals surface area (Å²) in [6.07, 6.45) is 9.38. The average molecular weight is 254 g/mol. The highest BCUT2D eigenvalue weighted by molar-refractivity contribution is 5.04. The second-order valence-corrected chi connectivity index (χ2v) is 6.53. The van der Waals surface area contributed by atoms with E-state index in [0.29, 0.717) is 6.54 Å². The molecule has 4 N–H and O–H groups in total. The molecule has 1 aliphatic heterocycles. The Morgan fingerprint density at radius 1 is 1.28 bits per heavy atom. The zero-order valence-corrected chi connectivity index (χ0v) is 11.9. The zero-order valence-electron chi connectivity index (χ0n) is 11.9. The van der Waals surface area contributed by atoms with Gasteiger partial charge in [0.2, 0.25) is 0 Å². The summed E-state index contributed by atoms with van der Waals surface area (Å²) in [5.74, 6) is 0.870. The third-order valence-electron chi connectivity index (χ3n) is 5.50. The van der Waals surface area contributed by atoms with Gasteiger partial charge in [-0.3, -0.25) is 0 Å². The van der Waals surface area contributed by atoms with Crippen LogP contribution in [-0.2, 0) is 0 Å². The Balaban J connectivity index is 2.03. The van der Waals surface area contributed by atoms with Crippen LogP contribution in [0.4, 0.5) is 0 Å². The molecule has 0 radical (unpaired) electrons. The molecule has 0 amide bonds. The number of hydrogen-bond donors (Lipinski definition) is 3. The van der Waals surface area contributed by atoms with Crippen molar-refractivity contribution in [2.45, 2.75) is 63.9 Å². The summed E-state index contributed by atoms with van der Waals surface area (Å²) >= 11 is 0. The average Bonchev–Trinajstić information content (AvgIpc) is 2.41. The monoisotopic (exact) mass is 254 g/mol. The molecule has 2 aliphatic rings. The van der Waals surface area contributed by atoms with Crippen LogP contribution in [0.5, 0.6) is 0 Å². The van der Waals surface area contributed by atoms with E-state index in [4.69, 9.17) is 5.73 Å². The zero-order chi connectivity index (χ0) is 13.1. The Morgan fingerprint density at radius 3 is 2.50 bits per heavy atom. The maximum Gasteiger partial charge on any atom is 0.0839 e. The van der Waals surface area contributed by atoms with E-state index in [2.05, 4.69) is 12.2 Å². The molecule has 1 heterocycles. The lowest BCUT2D eigenvalue weighted by Gasteiger charge is -2.52. The lowest BCUT2D eigenvalue weighted by Crippen LogP contribution is -2.61. The van der Waals surface area contributed by atoms with Crippen LogP contribution in [0.2, 0.25) is 0 Å². The van der Waals surface area contributed by atoms with Crippen molar-refractivity contribution in [3.05, 3.63) is 0 Å². The predicted molar refractivity (Wildman–Crippen MR) is 75.4 cm³/mol. The third-order valence-corrected chi connectivity index (χ3v) is 5.50. The van der Waals surface area contributed by atoms with Crippen molar-refractivity contribution < 1.29 is 5.11 Å². The Bertz CT molecular complexity index is 253. The van der Waals surface area contributed by atoms with Crippen LogP contribution < -0.4 is 11.1 Å². The van der Waals surface area contributed by atoms with E-state index in [-0.39, 0.29) is 5.41 Å². The number of piperidine rings is 1. The van der Waals surface area contributed by atoms with Crippen LogP contribution >= 0.6 is 0 Å². The van der Waals surface area contributed by atoms with Gasteiger partial charge in [0.25, 0.3) is 0 Å². The van der Waals surface area contributed by atoms with Gasteiger partial charge in [0.05, 0.1) is 5.60 Å². The molecule has 3 nitrogen and oxygen atoms in total. The topological polar surface area (TPSA) is 58.3 Å². The molecular weight excluding hydrogens is 224 g/mol. The van der Waals surface area contributed by atoms with Crippen molar-refractivity contribution in [2.75, 3.05) is 19.6 Å². The van der Waals surface area contributed by atoms with Crippen LogP contribution in [0, 0.1) is 11.3 Å². The van der Waals surface area contributed by atoms with E-state index in [1.54, 1.807) is 0 Å². The summed E-state index contributed by atoms with van der Waals surface area (Å²) in [6.45, 7) is 4.69. The molecule has 106 valence electrons. The number of nitrogens with two attached hydrogens (primary N) is 1. The van der Waals surface area contributed by atoms with Gasteiger partial charge >= 0.3 is 0 Å². The summed E-state index contributed by atoms with van der Waals surface area (Å²) in [7, 11) is 0. The molecule has 2 fully saturated rings. The minimum atomic E-state index is -0.558. The van der Waals surface area contributed by atoms with Crippen molar-refractivity contribution in [3.8, 4) is 0 Å². The number of aliphatic hydroxyl groups is 1. The number of β-amino-alcohol motifs (C(OH)–C–C–N with tert-alkyl or cyclic N) is 1. The largest absolute Gasteiger partial charge is 0.388 e. The van der Waals surface area contributed by atoms with E-state index in [0.717, 1.165) is 44.7 Å². The maximum absolute atomic E-state index is 11.0. The molecule has 1 saturated carbocycles. The first-order valence-corrected chi connectivity index (χ1v) is 7.79. The van der Waals surface area contributed by atoms with Crippen LogP contribution in [0.1, 0.15) is 58.3 Å². The van der Waals surface area contributed by atoms with Crippen LogP contribution in [0.15, 0.2) is 0 Å². The van der Waals surface area contributed by atoms with E-state index in [1.165, 1.54) is 25.7 Å². The van der Waals surface area contributed by atoms with Crippen molar-refractivity contribution in [1.82, 2.24) is 5.32 Å². The first kappa shape index (κ1) is 14.3. The predicted octanol–water partition coefficient (Wildman–Crippen LogP) is 2.04. The van der Waals surface area contributed by atoms with Crippen molar-refractivity contribution in [1.29, 1.82) is 0 Å². The first-order valence-electron chi connectivity index (χ1n) is 7.79. The van der Waals surface area contributed by atoms with Gasteiger partial charge in [-0.1, -0.05) is 19.8 Å². The third kappa shape index (κ3) is 2.59. The fraction of sp³-hybridized carbons (Fsp3) is 1.00. The fourth-order valence-electron chi connectivity index (χ4n) is 4.13. The van der Waals surface area contributed by atoms with Crippen molar-refractivity contribution in [2.24, 2.45) is 17.1 Å². The SMILES string of the molecule is CCCC1CCC(CN)(C2(O)CCCNC2)CC1. The number of hydrogen-bond acceptors (Lipinski definition) is 3. The lowest BCUT2D eigenvalue weighted by molar-refractivity contribution is -0.117. The van der Waals surface area contributed by atoms with Crippen LogP contribution in [-0.4, -0.2) is 30.3 Å². The molecule has 2 rings (SSSR count). The molecule has 0 bridgehead atoms. The summed E-state index contributed by atoms with van der Waals surface area (Å²) in [6, 6.07) is 0. The molecular formula is C15H30N2O. The lowest BCUT2D eigenvalue weighted by atomic mass is 9.59. The van der Waals surface area contributed by atoms with Crippen LogP contribution in [0.3, 0.4) is 0 Å². The first-order chi connectivity index (χ1) is 8.66. The minimum absolute atomic E-state index is 0.0232. The molecule has 1 aliphatic carbocycles. The molecule has 1 atom stereocenters. The molecule has 18 heavy (non-hydrogen) atoms. The molecule has 0 aromatic heterocycles. The van der Waals surface area contributed by atoms with Gasteiger partial charge in [0.15, 0.2) is 0 Å². The highest BCUT2D eigenvalue weighted by atomic mass is 16.3. The second kappa shape index (κ2) is 5.89. The van der Waals surface area contributed by atoms with E-state index in [1.807, 2.05) is 0 Å². The maximum atomic E-state index is 11.0. The molecule has 0 spiro atoms. The highest BCUT2D eigenvalue weighted by Gasteiger charge is 2.50. The van der Waals surface area contributed by atoms with E-state index < -0.39 is 5.60 Å². The number of nitrogens with one attached hydrogen (secondary N) is 1. The number of rotatable bonds is 4. The van der Waals surface area contributed by atoms with Crippen LogP contribution in [0.25, 0.3) is 0 Å². The minimum Gasteiger partial charge on any atom is -0.388 e. The summed E-state index contributed by atoms with van der Waals surface area (Å²) in [5, 5.41) is 14.4. The van der Waals surface area contributed by atoms with Crippen molar-refractivity contribution >= 4 is 0 Å². The Labute approximate surface area is 112 Å². The summed E-state index contributed by atoms with van der Waals surface area (Å²) in [4.78, 5) is 0. The molecule has 0 aromatic carbocycles. The van der Waals surface area contributed by atoms with Gasteiger partial charge in [-0.15, -0.1) is 0 Å². The van der Waals surface area contributed by atoms with Crippen molar-refractivity contribution in [3.63, 3.8) is 0 Å². The smallest absolute Gasteiger partial charge is 0.0839 e. The Morgan fingerprint density at radius 2 is 2.00 bits per heavy atom. The standard InChI is InChI=1S/C15H30N2O/c1-2-4-13-5-8-14(11-16,9-6-13)15(18)7-3-10-17-12-15/h13,17-18H,2-12,16H2,1H3. The van der Waals surface area contributed by atoms with E-state index in [9.17, 15) is 5.11 Å². The molecule has 1 unspecified atom stereocenters.